The molecule has 0 aliphatic carbocycles. The molecule has 3 rings (SSSR count). The van der Waals surface area contributed by atoms with Crippen LogP contribution in [0.2, 0.25) is 10.0 Å². The monoisotopic (exact) mass is 525 g/mol. The van der Waals surface area contributed by atoms with E-state index in [1.54, 1.807) is 18.2 Å². The molecule has 1 aliphatic rings. The molecular weight excluding hydrogens is 501 g/mol. The molecule has 1 heterocycles. The van der Waals surface area contributed by atoms with Crippen molar-refractivity contribution in [3.8, 4) is 0 Å². The quantitative estimate of drug-likeness (QED) is 0.504. The smallest absolute Gasteiger partial charge is 0.269 e. The predicted octanol–water partition coefficient (Wildman–Crippen LogP) is 3.47. The van der Waals surface area contributed by atoms with Crippen molar-refractivity contribution in [2.75, 3.05) is 13.1 Å². The maximum atomic E-state index is 13.4. The van der Waals surface area contributed by atoms with E-state index in [0.29, 0.717) is 26.5 Å². The maximum absolute atomic E-state index is 13.4. The number of sulfonamides is 1. The zero-order chi connectivity index (χ0) is 25.0. The number of benzene rings is 2. The average Bonchev–Trinajstić information content (AvgIpc) is 2.99. The van der Waals surface area contributed by atoms with Gasteiger partial charge in [0.2, 0.25) is 11.8 Å². The van der Waals surface area contributed by atoms with E-state index in [0.717, 1.165) is 12.8 Å². The van der Waals surface area contributed by atoms with Crippen LogP contribution in [0.25, 0.3) is 0 Å². The predicted molar refractivity (Wildman–Crippen MR) is 129 cm³/mol. The molecule has 2 aromatic rings. The van der Waals surface area contributed by atoms with Gasteiger partial charge in [0.1, 0.15) is 17.5 Å². The van der Waals surface area contributed by atoms with E-state index in [2.05, 4.69) is 5.32 Å². The van der Waals surface area contributed by atoms with E-state index in [1.165, 1.54) is 36.1 Å². The third-order valence-corrected chi connectivity index (χ3v) is 7.92. The number of nitrogens with one attached hydrogen (secondary N) is 1. The minimum atomic E-state index is -4.18. The first-order valence-corrected chi connectivity index (χ1v) is 12.9. The zero-order valence-corrected chi connectivity index (χ0v) is 21.1. The van der Waals surface area contributed by atoms with Crippen LogP contribution in [-0.2, 0) is 26.2 Å². The summed E-state index contributed by atoms with van der Waals surface area (Å²) in [5.74, 6) is -1.90. The number of carbonyl (C=O) groups excluding carboxylic acids is 3. The first-order valence-electron chi connectivity index (χ1n) is 10.7. The summed E-state index contributed by atoms with van der Waals surface area (Å²) < 4.78 is 26.3. The van der Waals surface area contributed by atoms with Crippen molar-refractivity contribution in [2.24, 2.45) is 0 Å². The number of rotatable bonds is 9. The molecule has 0 aromatic heterocycles. The molecule has 2 aromatic carbocycles. The summed E-state index contributed by atoms with van der Waals surface area (Å²) in [6.45, 7) is 3.15. The molecule has 0 saturated heterocycles. The van der Waals surface area contributed by atoms with Crippen LogP contribution in [0.1, 0.15) is 42.6 Å². The molecule has 11 heteroatoms. The Morgan fingerprint density at radius 3 is 2.50 bits per heavy atom. The molecule has 0 saturated carbocycles. The minimum Gasteiger partial charge on any atom is -0.354 e. The van der Waals surface area contributed by atoms with E-state index in [1.807, 2.05) is 6.92 Å². The number of fused-ring (bicyclic) bond motifs is 1. The van der Waals surface area contributed by atoms with Crippen LogP contribution >= 0.6 is 23.2 Å². The summed E-state index contributed by atoms with van der Waals surface area (Å²) in [4.78, 5) is 39.9. The van der Waals surface area contributed by atoms with Gasteiger partial charge < -0.3 is 10.2 Å². The number of unbranched alkanes of at least 4 members (excludes halogenated alkanes) is 1. The molecule has 1 atom stereocenters. The molecule has 182 valence electrons. The highest BCUT2D eigenvalue weighted by molar-refractivity contribution is 7.90. The van der Waals surface area contributed by atoms with Gasteiger partial charge in [0, 0.05) is 23.1 Å². The molecule has 34 heavy (non-hydrogen) atoms. The number of halogens is 2. The van der Waals surface area contributed by atoms with Gasteiger partial charge in [-0.25, -0.2) is 12.7 Å². The van der Waals surface area contributed by atoms with Crippen molar-refractivity contribution in [1.29, 1.82) is 0 Å². The van der Waals surface area contributed by atoms with Crippen LogP contribution in [-0.4, -0.2) is 54.5 Å². The summed E-state index contributed by atoms with van der Waals surface area (Å²) in [7, 11) is -4.18. The number of hydrogen-bond donors (Lipinski definition) is 1. The maximum Gasteiger partial charge on any atom is 0.269 e. The van der Waals surface area contributed by atoms with Crippen molar-refractivity contribution in [2.45, 2.75) is 44.2 Å². The van der Waals surface area contributed by atoms with Crippen LogP contribution in [0.4, 0.5) is 0 Å². The van der Waals surface area contributed by atoms with Crippen molar-refractivity contribution in [3.05, 3.63) is 63.6 Å². The Kier molecular flexibility index (Phi) is 8.22. The Hall–Kier alpha value is -2.62. The Bertz CT molecular complexity index is 1220. The van der Waals surface area contributed by atoms with Gasteiger partial charge in [-0.15, -0.1) is 0 Å². The van der Waals surface area contributed by atoms with Gasteiger partial charge >= 0.3 is 0 Å². The second-order valence-electron chi connectivity index (χ2n) is 7.89. The Morgan fingerprint density at radius 1 is 1.15 bits per heavy atom. The summed E-state index contributed by atoms with van der Waals surface area (Å²) >= 11 is 12.2. The number of carbonyl (C=O) groups is 3. The van der Waals surface area contributed by atoms with Gasteiger partial charge in [-0.2, -0.15) is 0 Å². The Morgan fingerprint density at radius 2 is 1.85 bits per heavy atom. The second-order valence-corrected chi connectivity index (χ2v) is 10.6. The molecule has 0 radical (unpaired) electrons. The van der Waals surface area contributed by atoms with Gasteiger partial charge in [0.25, 0.3) is 15.9 Å². The van der Waals surface area contributed by atoms with Gasteiger partial charge in [-0.05, 0) is 43.2 Å². The first-order chi connectivity index (χ1) is 16.1. The molecule has 0 fully saturated rings. The van der Waals surface area contributed by atoms with Crippen LogP contribution in [0, 0.1) is 0 Å². The molecule has 3 amide bonds. The zero-order valence-electron chi connectivity index (χ0n) is 18.8. The molecule has 1 aliphatic heterocycles. The summed E-state index contributed by atoms with van der Waals surface area (Å²) in [6, 6.07) is 9.57. The number of amides is 3. The lowest BCUT2D eigenvalue weighted by Gasteiger charge is -2.30. The van der Waals surface area contributed by atoms with Crippen molar-refractivity contribution in [1.82, 2.24) is 14.5 Å². The fourth-order valence-electron chi connectivity index (χ4n) is 3.55. The van der Waals surface area contributed by atoms with E-state index < -0.39 is 40.3 Å². The van der Waals surface area contributed by atoms with Crippen molar-refractivity contribution < 1.29 is 22.8 Å². The molecule has 1 unspecified atom stereocenters. The molecule has 0 spiro atoms. The van der Waals surface area contributed by atoms with E-state index >= 15 is 0 Å². The SMILES string of the molecule is CCCCNC(=O)C(C)N(Cc1ccc(Cl)cc1Cl)C(=O)CN1C(=O)c2ccccc2S1(=O)=O. The van der Waals surface area contributed by atoms with Gasteiger partial charge in [-0.3, -0.25) is 14.4 Å². The van der Waals surface area contributed by atoms with Crippen LogP contribution in [0.15, 0.2) is 47.4 Å². The van der Waals surface area contributed by atoms with Gasteiger partial charge in [0.05, 0.1) is 5.56 Å². The number of hydrogen-bond acceptors (Lipinski definition) is 5. The molecule has 0 bridgehead atoms. The minimum absolute atomic E-state index is 0.00736. The van der Waals surface area contributed by atoms with E-state index in [9.17, 15) is 22.8 Å². The highest BCUT2D eigenvalue weighted by Crippen LogP contribution is 2.30. The lowest BCUT2D eigenvalue weighted by atomic mass is 10.1. The summed E-state index contributed by atoms with van der Waals surface area (Å²) in [6.07, 6.45) is 1.65. The highest BCUT2D eigenvalue weighted by Gasteiger charge is 2.43. The lowest BCUT2D eigenvalue weighted by molar-refractivity contribution is -0.140. The number of nitrogens with zero attached hydrogens (tertiary/aromatic N) is 2. The van der Waals surface area contributed by atoms with Crippen LogP contribution in [0.5, 0.6) is 0 Å². The van der Waals surface area contributed by atoms with E-state index in [-0.39, 0.29) is 17.0 Å². The van der Waals surface area contributed by atoms with Gasteiger partial charge in [0.15, 0.2) is 0 Å². The average molecular weight is 526 g/mol. The third-order valence-electron chi connectivity index (χ3n) is 5.54. The summed E-state index contributed by atoms with van der Waals surface area (Å²) in [5, 5.41) is 3.47. The van der Waals surface area contributed by atoms with Crippen molar-refractivity contribution >= 4 is 50.9 Å². The molecule has 1 N–H and O–H groups in total. The largest absolute Gasteiger partial charge is 0.354 e. The highest BCUT2D eigenvalue weighted by atomic mass is 35.5. The second kappa shape index (κ2) is 10.8. The normalized spacial score (nSPS) is 15.1. The standard InChI is InChI=1S/C23H25Cl2N3O5S/c1-3-4-11-26-22(30)15(2)27(13-16-9-10-17(24)12-19(16)25)21(29)14-28-23(31)18-7-5-6-8-20(18)34(28,32)33/h5-10,12,15H,3-4,11,13-14H2,1-2H3,(H,26,30). The third kappa shape index (κ3) is 5.37. The van der Waals surface area contributed by atoms with E-state index in [4.69, 9.17) is 23.2 Å². The molecule has 8 nitrogen and oxygen atoms in total. The molecular formula is C23H25Cl2N3O5S. The summed E-state index contributed by atoms with van der Waals surface area (Å²) in [5.41, 5.74) is 0.527. The first kappa shape index (κ1) is 26.0. The van der Waals surface area contributed by atoms with Crippen LogP contribution in [0.3, 0.4) is 0 Å². The Labute approximate surface area is 208 Å². The van der Waals surface area contributed by atoms with Gasteiger partial charge in [-0.1, -0.05) is 54.7 Å². The van der Waals surface area contributed by atoms with Crippen LogP contribution < -0.4 is 5.32 Å². The van der Waals surface area contributed by atoms with Crippen molar-refractivity contribution in [3.63, 3.8) is 0 Å². The fourth-order valence-corrected chi connectivity index (χ4v) is 5.54. The fraction of sp³-hybridized carbons (Fsp3) is 0.348. The Balaban J connectivity index is 1.88. The topological polar surface area (TPSA) is 104 Å². The lowest BCUT2D eigenvalue weighted by Crippen LogP contribution is -2.51.